The third-order valence-corrected chi connectivity index (χ3v) is 3.30. The first kappa shape index (κ1) is 13.8. The first-order valence-corrected chi connectivity index (χ1v) is 6.96. The molecule has 0 bridgehead atoms. The van der Waals surface area contributed by atoms with Crippen LogP contribution in [0.15, 0.2) is 70.1 Å². The molecule has 1 heterocycles. The van der Waals surface area contributed by atoms with Gasteiger partial charge in [-0.05, 0) is 55.5 Å². The van der Waals surface area contributed by atoms with Crippen LogP contribution in [0.5, 0.6) is 0 Å². The van der Waals surface area contributed by atoms with Crippen molar-refractivity contribution >= 4 is 11.9 Å². The van der Waals surface area contributed by atoms with Crippen molar-refractivity contribution in [2.45, 2.75) is 6.92 Å². The van der Waals surface area contributed by atoms with Crippen LogP contribution in [0, 0.1) is 18.3 Å². The lowest BCUT2D eigenvalue weighted by atomic mass is 10.1. The third kappa shape index (κ3) is 3.13. The summed E-state index contributed by atoms with van der Waals surface area (Å²) in [5, 5.41) is 8.81. The minimum absolute atomic E-state index is 0.636. The van der Waals surface area contributed by atoms with E-state index in [4.69, 9.17) is 9.68 Å². The summed E-state index contributed by atoms with van der Waals surface area (Å²) in [5.41, 5.74) is 3.67. The Labute approximate surface area is 129 Å². The average Bonchev–Trinajstić information content (AvgIpc) is 3.03. The molecule has 0 saturated carbocycles. The standard InChI is InChI=1S/C19H14N2O/c1-14-2-8-17(9-3-14)21-13-18-10-11-19(22-18)16-6-4-15(12-20)5-7-16/h2-11,13H,1H3. The highest BCUT2D eigenvalue weighted by Crippen LogP contribution is 2.22. The Bertz CT molecular complexity index is 834. The number of rotatable bonds is 3. The fourth-order valence-electron chi connectivity index (χ4n) is 2.06. The lowest BCUT2D eigenvalue weighted by Gasteiger charge is -1.96. The Hall–Kier alpha value is -3.12. The second kappa shape index (κ2) is 6.11. The minimum Gasteiger partial charge on any atom is -0.455 e. The van der Waals surface area contributed by atoms with Crippen LogP contribution in [-0.4, -0.2) is 6.21 Å². The Morgan fingerprint density at radius 1 is 0.955 bits per heavy atom. The van der Waals surface area contributed by atoms with Crippen molar-refractivity contribution in [2.75, 3.05) is 0 Å². The van der Waals surface area contributed by atoms with Crippen LogP contribution >= 0.6 is 0 Å². The second-order valence-electron chi connectivity index (χ2n) is 4.98. The van der Waals surface area contributed by atoms with E-state index in [1.54, 1.807) is 18.3 Å². The third-order valence-electron chi connectivity index (χ3n) is 3.30. The molecule has 106 valence electrons. The summed E-state index contributed by atoms with van der Waals surface area (Å²) in [4.78, 5) is 4.39. The van der Waals surface area contributed by atoms with Gasteiger partial charge in [-0.2, -0.15) is 5.26 Å². The number of benzene rings is 2. The van der Waals surface area contributed by atoms with Crippen molar-refractivity contribution < 1.29 is 4.42 Å². The van der Waals surface area contributed by atoms with Gasteiger partial charge < -0.3 is 4.42 Å². The number of hydrogen-bond acceptors (Lipinski definition) is 3. The molecular weight excluding hydrogens is 272 g/mol. The van der Waals surface area contributed by atoms with Crippen LogP contribution < -0.4 is 0 Å². The molecule has 0 amide bonds. The van der Waals surface area contributed by atoms with Crippen LogP contribution in [0.1, 0.15) is 16.9 Å². The lowest BCUT2D eigenvalue weighted by Crippen LogP contribution is -1.77. The zero-order chi connectivity index (χ0) is 15.4. The van der Waals surface area contributed by atoms with Gasteiger partial charge in [-0.15, -0.1) is 0 Å². The zero-order valence-corrected chi connectivity index (χ0v) is 12.2. The molecule has 0 atom stereocenters. The SMILES string of the molecule is Cc1ccc(N=Cc2ccc(-c3ccc(C#N)cc3)o2)cc1. The molecule has 1 aromatic heterocycles. The average molecular weight is 286 g/mol. The quantitative estimate of drug-likeness (QED) is 0.644. The van der Waals surface area contributed by atoms with Gasteiger partial charge >= 0.3 is 0 Å². The van der Waals surface area contributed by atoms with Gasteiger partial charge in [-0.25, -0.2) is 0 Å². The van der Waals surface area contributed by atoms with Crippen LogP contribution in [0.25, 0.3) is 11.3 Å². The Morgan fingerprint density at radius 3 is 2.36 bits per heavy atom. The second-order valence-corrected chi connectivity index (χ2v) is 4.98. The molecule has 0 saturated heterocycles. The van der Waals surface area contributed by atoms with E-state index in [0.29, 0.717) is 11.3 Å². The maximum absolute atomic E-state index is 8.81. The van der Waals surface area contributed by atoms with Gasteiger partial charge in [0.05, 0.1) is 23.5 Å². The number of aryl methyl sites for hydroxylation is 1. The van der Waals surface area contributed by atoms with Gasteiger partial charge in [0.15, 0.2) is 0 Å². The Morgan fingerprint density at radius 2 is 1.68 bits per heavy atom. The van der Waals surface area contributed by atoms with E-state index in [1.807, 2.05) is 55.5 Å². The number of nitrogens with zero attached hydrogens (tertiary/aromatic N) is 2. The van der Waals surface area contributed by atoms with Gasteiger partial charge in [0.1, 0.15) is 11.5 Å². The summed E-state index contributed by atoms with van der Waals surface area (Å²) < 4.78 is 5.76. The predicted molar refractivity (Wildman–Crippen MR) is 87.3 cm³/mol. The summed E-state index contributed by atoms with van der Waals surface area (Å²) in [7, 11) is 0. The largest absolute Gasteiger partial charge is 0.455 e. The maximum atomic E-state index is 8.81. The van der Waals surface area contributed by atoms with Crippen LogP contribution in [-0.2, 0) is 0 Å². The predicted octanol–water partition coefficient (Wildman–Crippen LogP) is 4.88. The van der Waals surface area contributed by atoms with Gasteiger partial charge in [0.2, 0.25) is 0 Å². The summed E-state index contributed by atoms with van der Waals surface area (Å²) >= 11 is 0. The highest BCUT2D eigenvalue weighted by Gasteiger charge is 2.03. The molecule has 0 radical (unpaired) electrons. The van der Waals surface area contributed by atoms with E-state index in [9.17, 15) is 0 Å². The van der Waals surface area contributed by atoms with Crippen molar-refractivity contribution in [2.24, 2.45) is 4.99 Å². The number of aliphatic imine (C=N–C) groups is 1. The van der Waals surface area contributed by atoms with E-state index in [0.717, 1.165) is 17.0 Å². The van der Waals surface area contributed by atoms with E-state index in [2.05, 4.69) is 11.1 Å². The van der Waals surface area contributed by atoms with Gasteiger partial charge in [-0.3, -0.25) is 4.99 Å². The molecule has 0 N–H and O–H groups in total. The van der Waals surface area contributed by atoms with E-state index < -0.39 is 0 Å². The van der Waals surface area contributed by atoms with Gasteiger partial charge in [0, 0.05) is 5.56 Å². The summed E-state index contributed by atoms with van der Waals surface area (Å²) in [6.45, 7) is 2.05. The van der Waals surface area contributed by atoms with Gasteiger partial charge in [0.25, 0.3) is 0 Å². The fraction of sp³-hybridized carbons (Fsp3) is 0.0526. The Kier molecular flexibility index (Phi) is 3.84. The summed E-state index contributed by atoms with van der Waals surface area (Å²) in [6.07, 6.45) is 1.71. The monoisotopic (exact) mass is 286 g/mol. The van der Waals surface area contributed by atoms with Gasteiger partial charge in [-0.1, -0.05) is 17.7 Å². The van der Waals surface area contributed by atoms with Crippen molar-refractivity contribution in [1.29, 1.82) is 5.26 Å². The lowest BCUT2D eigenvalue weighted by molar-refractivity contribution is 0.575. The molecule has 3 rings (SSSR count). The molecule has 2 aromatic carbocycles. The van der Waals surface area contributed by atoms with Crippen molar-refractivity contribution in [3.05, 3.63) is 77.6 Å². The molecule has 0 aliphatic rings. The molecule has 0 aliphatic carbocycles. The fourth-order valence-corrected chi connectivity index (χ4v) is 2.06. The highest BCUT2D eigenvalue weighted by atomic mass is 16.3. The van der Waals surface area contributed by atoms with E-state index in [-0.39, 0.29) is 0 Å². The number of nitriles is 1. The van der Waals surface area contributed by atoms with Crippen molar-refractivity contribution in [3.8, 4) is 17.4 Å². The van der Waals surface area contributed by atoms with E-state index >= 15 is 0 Å². The summed E-state index contributed by atoms with van der Waals surface area (Å²) in [6, 6.07) is 21.2. The molecule has 3 nitrogen and oxygen atoms in total. The van der Waals surface area contributed by atoms with E-state index in [1.165, 1.54) is 5.56 Å². The normalized spacial score (nSPS) is 10.7. The van der Waals surface area contributed by atoms with Crippen molar-refractivity contribution in [1.82, 2.24) is 0 Å². The zero-order valence-electron chi connectivity index (χ0n) is 12.2. The molecular formula is C19H14N2O. The maximum Gasteiger partial charge on any atom is 0.145 e. The first-order chi connectivity index (χ1) is 10.7. The smallest absolute Gasteiger partial charge is 0.145 e. The Balaban J connectivity index is 1.78. The molecule has 0 spiro atoms. The number of furan rings is 1. The highest BCUT2D eigenvalue weighted by molar-refractivity contribution is 5.79. The molecule has 0 unspecified atom stereocenters. The van der Waals surface area contributed by atoms with Crippen LogP contribution in [0.4, 0.5) is 5.69 Å². The van der Waals surface area contributed by atoms with Crippen LogP contribution in [0.2, 0.25) is 0 Å². The topological polar surface area (TPSA) is 49.3 Å². The molecule has 0 aliphatic heterocycles. The number of hydrogen-bond donors (Lipinski definition) is 0. The first-order valence-electron chi connectivity index (χ1n) is 6.96. The molecule has 0 fully saturated rings. The molecule has 3 heteroatoms. The minimum atomic E-state index is 0.636. The molecule has 3 aromatic rings. The summed E-state index contributed by atoms with van der Waals surface area (Å²) in [5.74, 6) is 1.45. The van der Waals surface area contributed by atoms with Crippen LogP contribution in [0.3, 0.4) is 0 Å². The molecule has 22 heavy (non-hydrogen) atoms. The van der Waals surface area contributed by atoms with Crippen molar-refractivity contribution in [3.63, 3.8) is 0 Å².